The Morgan fingerprint density at radius 3 is 1.98 bits per heavy atom. The van der Waals surface area contributed by atoms with Gasteiger partial charge in [0.15, 0.2) is 0 Å². The second-order valence-corrected chi connectivity index (χ2v) is 10.2. The number of fused-ring (bicyclic) bond motifs is 1. The second kappa shape index (κ2) is 12.0. The van der Waals surface area contributed by atoms with Crippen molar-refractivity contribution in [2.45, 2.75) is 24.6 Å². The van der Waals surface area contributed by atoms with Gasteiger partial charge in [-0.05, 0) is 41.0 Å². The van der Waals surface area contributed by atoms with Crippen LogP contribution in [-0.4, -0.2) is 67.8 Å². The molecule has 0 radical (unpaired) electrons. The van der Waals surface area contributed by atoms with Gasteiger partial charge in [-0.2, -0.15) is 0 Å². The number of methoxy groups -OCH3 is 1. The molecule has 2 aliphatic rings. The number of nitro groups is 2. The van der Waals surface area contributed by atoms with Crippen molar-refractivity contribution in [3.05, 3.63) is 91.2 Å². The van der Waals surface area contributed by atoms with E-state index in [4.69, 9.17) is 14.2 Å². The number of hydrogen-bond acceptors (Lipinski definition) is 11. The minimum atomic E-state index is -1.70. The van der Waals surface area contributed by atoms with E-state index in [1.54, 1.807) is 0 Å². The van der Waals surface area contributed by atoms with Crippen LogP contribution in [-0.2, 0) is 47.8 Å². The molecule has 2 aromatic rings. The summed E-state index contributed by atoms with van der Waals surface area (Å²) in [6, 6.07) is 9.46. The van der Waals surface area contributed by atoms with Crippen molar-refractivity contribution >= 4 is 40.1 Å². The molecule has 210 valence electrons. The van der Waals surface area contributed by atoms with Crippen LogP contribution in [0.4, 0.5) is 16.2 Å². The van der Waals surface area contributed by atoms with E-state index in [-0.39, 0.29) is 48.2 Å². The number of carbonyl (C=O) groups excluding carboxylic acids is 3. The Morgan fingerprint density at radius 1 is 0.950 bits per heavy atom. The van der Waals surface area contributed by atoms with Gasteiger partial charge in [0.25, 0.3) is 17.3 Å². The van der Waals surface area contributed by atoms with Crippen LogP contribution in [0.1, 0.15) is 11.1 Å². The maximum atomic E-state index is 13.0. The number of hydrogen-bond donors (Lipinski definition) is 1. The van der Waals surface area contributed by atoms with E-state index in [2.05, 4.69) is 5.32 Å². The highest BCUT2D eigenvalue weighted by Gasteiger charge is 2.57. The number of nitrogens with zero attached hydrogens (tertiary/aromatic N) is 3. The smallest absolute Gasteiger partial charge is 0.408 e. The predicted octanol–water partition coefficient (Wildman–Crippen LogP) is 1.67. The topological polar surface area (TPSA) is 198 Å². The van der Waals surface area contributed by atoms with Crippen molar-refractivity contribution in [2.75, 3.05) is 19.5 Å². The maximum Gasteiger partial charge on any atom is 0.408 e. The molecule has 2 unspecified atom stereocenters. The van der Waals surface area contributed by atoms with Gasteiger partial charge in [0.05, 0.1) is 33.0 Å². The van der Waals surface area contributed by atoms with Gasteiger partial charge < -0.3 is 19.5 Å². The number of alkyl carbamates (subject to hydrolysis) is 1. The summed E-state index contributed by atoms with van der Waals surface area (Å²) in [4.78, 5) is 59.8. The van der Waals surface area contributed by atoms with Crippen LogP contribution in [0.3, 0.4) is 0 Å². The van der Waals surface area contributed by atoms with Gasteiger partial charge in [-0.1, -0.05) is 0 Å². The SMILES string of the molecule is COCC1=C(C(=O)OCc2ccc([N+](=O)[O-])cc2)N2C(=O)C(NC(=O)OCc3ccc([N+](=O)[O-])cc3)[C@@H]2S(=O)C1. The normalized spacial score (nSPS) is 19.8. The fourth-order valence-corrected chi connectivity index (χ4v) is 5.76. The van der Waals surface area contributed by atoms with Crippen molar-refractivity contribution in [3.8, 4) is 0 Å². The number of nitro benzene ring substituents is 2. The van der Waals surface area contributed by atoms with Gasteiger partial charge in [0, 0.05) is 31.4 Å². The Balaban J connectivity index is 1.41. The molecule has 0 spiro atoms. The first-order valence-corrected chi connectivity index (χ1v) is 13.0. The van der Waals surface area contributed by atoms with Crippen molar-refractivity contribution < 1.29 is 42.6 Å². The summed E-state index contributed by atoms with van der Waals surface area (Å²) >= 11 is 0. The average molecular weight is 575 g/mol. The highest BCUT2D eigenvalue weighted by atomic mass is 32.2. The molecule has 2 amide bonds. The maximum absolute atomic E-state index is 13.0. The van der Waals surface area contributed by atoms with Crippen molar-refractivity contribution in [3.63, 3.8) is 0 Å². The summed E-state index contributed by atoms with van der Waals surface area (Å²) < 4.78 is 28.5. The molecule has 2 aliphatic heterocycles. The molecule has 4 rings (SSSR count). The molecule has 1 N–H and O–H groups in total. The zero-order chi connectivity index (χ0) is 29.0. The summed E-state index contributed by atoms with van der Waals surface area (Å²) in [5.41, 5.74) is 0.807. The van der Waals surface area contributed by atoms with E-state index in [9.17, 15) is 38.8 Å². The average Bonchev–Trinajstić information content (AvgIpc) is 2.94. The highest BCUT2D eigenvalue weighted by molar-refractivity contribution is 7.86. The van der Waals surface area contributed by atoms with Crippen LogP contribution in [0.2, 0.25) is 0 Å². The van der Waals surface area contributed by atoms with Crippen LogP contribution in [0.25, 0.3) is 0 Å². The highest BCUT2D eigenvalue weighted by Crippen LogP contribution is 2.35. The molecule has 3 atom stereocenters. The number of rotatable bonds is 10. The fraction of sp³-hybridized carbons (Fsp3) is 0.292. The van der Waals surface area contributed by atoms with Crippen LogP contribution < -0.4 is 5.32 Å². The molecule has 40 heavy (non-hydrogen) atoms. The Morgan fingerprint density at radius 2 is 1.48 bits per heavy atom. The number of carbonyl (C=O) groups is 3. The molecule has 0 aliphatic carbocycles. The van der Waals surface area contributed by atoms with Gasteiger partial charge in [-0.15, -0.1) is 0 Å². The molecule has 2 heterocycles. The van der Waals surface area contributed by atoms with Crippen LogP contribution in [0, 0.1) is 20.2 Å². The molecule has 15 nitrogen and oxygen atoms in total. The quantitative estimate of drug-likeness (QED) is 0.187. The molecule has 2 aromatic carbocycles. The fourth-order valence-electron chi connectivity index (χ4n) is 4.09. The molecular formula is C24H22N4O11S. The Bertz CT molecular complexity index is 1410. The van der Waals surface area contributed by atoms with Crippen LogP contribution in [0.15, 0.2) is 59.8 Å². The predicted molar refractivity (Wildman–Crippen MR) is 136 cm³/mol. The molecule has 0 aromatic heterocycles. The first-order valence-electron chi connectivity index (χ1n) is 11.6. The third-order valence-electron chi connectivity index (χ3n) is 6.02. The molecule has 1 fully saturated rings. The molecule has 0 saturated carbocycles. The van der Waals surface area contributed by atoms with E-state index in [0.29, 0.717) is 11.1 Å². The number of ether oxygens (including phenoxy) is 3. The third-order valence-corrected chi connectivity index (χ3v) is 7.68. The molecule has 0 bridgehead atoms. The minimum absolute atomic E-state index is 0.0976. The van der Waals surface area contributed by atoms with Crippen molar-refractivity contribution in [1.29, 1.82) is 0 Å². The lowest BCUT2D eigenvalue weighted by atomic mass is 10.0. The minimum Gasteiger partial charge on any atom is -0.456 e. The number of benzene rings is 2. The summed E-state index contributed by atoms with van der Waals surface area (Å²) in [6.45, 7) is -0.576. The van der Waals surface area contributed by atoms with Gasteiger partial charge in [0.2, 0.25) is 0 Å². The van der Waals surface area contributed by atoms with Crippen LogP contribution in [0.5, 0.6) is 0 Å². The zero-order valence-electron chi connectivity index (χ0n) is 20.8. The molecule has 1 saturated heterocycles. The number of β-lactam (4-membered cyclic amide) rings is 1. The largest absolute Gasteiger partial charge is 0.456 e. The summed E-state index contributed by atoms with van der Waals surface area (Å²) in [5, 5.41) is 22.9. The summed E-state index contributed by atoms with van der Waals surface area (Å²) in [5.74, 6) is -1.71. The van der Waals surface area contributed by atoms with E-state index in [1.807, 2.05) is 0 Å². The summed E-state index contributed by atoms with van der Waals surface area (Å²) in [7, 11) is -0.331. The third kappa shape index (κ3) is 5.97. The summed E-state index contributed by atoms with van der Waals surface area (Å²) in [6.07, 6.45) is -0.984. The van der Waals surface area contributed by atoms with Gasteiger partial charge in [0.1, 0.15) is 30.3 Å². The van der Waals surface area contributed by atoms with E-state index in [0.717, 1.165) is 4.90 Å². The second-order valence-electron chi connectivity index (χ2n) is 8.63. The standard InChI is InChI=1S/C24H22N4O11S/c1-37-12-16-13-40(36)22-19(25-24(31)39-11-15-4-8-18(9-5-15)28(34)35)21(29)26(22)20(16)23(30)38-10-14-2-6-17(7-3-14)27(32)33/h2-9,19,22H,10-13H2,1H3,(H,25,31)/t19?,22-,40?/m0/s1. The van der Waals surface area contributed by atoms with Crippen molar-refractivity contribution in [1.82, 2.24) is 10.2 Å². The van der Waals surface area contributed by atoms with Gasteiger partial charge >= 0.3 is 12.1 Å². The van der Waals surface area contributed by atoms with Gasteiger partial charge in [-0.3, -0.25) is 34.1 Å². The lowest BCUT2D eigenvalue weighted by molar-refractivity contribution is -0.385. The monoisotopic (exact) mass is 574 g/mol. The number of esters is 1. The van der Waals surface area contributed by atoms with E-state index in [1.165, 1.54) is 55.6 Å². The molecular weight excluding hydrogens is 552 g/mol. The van der Waals surface area contributed by atoms with Crippen LogP contribution >= 0.6 is 0 Å². The van der Waals surface area contributed by atoms with E-state index < -0.39 is 50.0 Å². The Hall–Kier alpha value is -4.70. The first kappa shape index (κ1) is 28.3. The molecule has 16 heteroatoms. The van der Waals surface area contributed by atoms with Gasteiger partial charge in [-0.25, -0.2) is 9.59 Å². The lowest BCUT2D eigenvalue weighted by Gasteiger charge is -2.49. The number of amides is 2. The Labute approximate surface area is 228 Å². The first-order chi connectivity index (χ1) is 19.1. The zero-order valence-corrected chi connectivity index (χ0v) is 21.7. The van der Waals surface area contributed by atoms with E-state index >= 15 is 0 Å². The number of nitrogens with one attached hydrogen (secondary N) is 1. The van der Waals surface area contributed by atoms with Crippen molar-refractivity contribution in [2.24, 2.45) is 0 Å². The Kier molecular flexibility index (Phi) is 8.49. The lowest BCUT2D eigenvalue weighted by Crippen LogP contribution is -2.73. The number of non-ortho nitro benzene ring substituents is 2.